The van der Waals surface area contributed by atoms with Crippen LogP contribution in [0.5, 0.6) is 11.5 Å². The molecule has 0 saturated heterocycles. The molecule has 0 spiro atoms. The summed E-state index contributed by atoms with van der Waals surface area (Å²) in [5.74, 6) is 3.09. The molecule has 3 aromatic rings. The van der Waals surface area contributed by atoms with Crippen LogP contribution < -0.4 is 14.8 Å². The highest BCUT2D eigenvalue weighted by molar-refractivity contribution is 5.76. The number of methoxy groups -OCH3 is 1. The lowest BCUT2D eigenvalue weighted by atomic mass is 10.1. The van der Waals surface area contributed by atoms with Gasteiger partial charge in [0.25, 0.3) is 0 Å². The van der Waals surface area contributed by atoms with E-state index < -0.39 is 0 Å². The third-order valence-electron chi connectivity index (χ3n) is 5.41. The Morgan fingerprint density at radius 1 is 1.28 bits per heavy atom. The molecule has 8 nitrogen and oxygen atoms in total. The lowest BCUT2D eigenvalue weighted by Crippen LogP contribution is -2.35. The molecule has 0 radical (unpaired) electrons. The number of H-pyrrole nitrogens is 1. The van der Waals surface area contributed by atoms with Crippen LogP contribution >= 0.6 is 0 Å². The lowest BCUT2D eigenvalue weighted by molar-refractivity contribution is -0.121. The summed E-state index contributed by atoms with van der Waals surface area (Å²) in [4.78, 5) is 19.1. The Kier molecular flexibility index (Phi) is 7.01. The highest BCUT2D eigenvalue weighted by Crippen LogP contribution is 2.29. The quantitative estimate of drug-likeness (QED) is 0.565. The summed E-state index contributed by atoms with van der Waals surface area (Å²) >= 11 is 0. The monoisotopic (exact) mass is 435 g/mol. The van der Waals surface area contributed by atoms with E-state index >= 15 is 0 Å². The number of fused-ring (bicyclic) bond motifs is 1. The molecule has 2 aromatic carbocycles. The third-order valence-corrected chi connectivity index (χ3v) is 5.41. The largest absolute Gasteiger partial charge is 0.497 e. The maximum Gasteiger partial charge on any atom is 0.221 e. The molecule has 4 rings (SSSR count). The first kappa shape index (κ1) is 21.8. The zero-order valence-corrected chi connectivity index (χ0v) is 18.5. The molecular weight excluding hydrogens is 406 g/mol. The van der Waals surface area contributed by atoms with E-state index in [-0.39, 0.29) is 12.0 Å². The number of aromatic nitrogens is 3. The molecule has 32 heavy (non-hydrogen) atoms. The molecule has 1 aliphatic heterocycles. The molecule has 0 aliphatic carbocycles. The average Bonchev–Trinajstić information content (AvgIpc) is 3.21. The first-order valence-corrected chi connectivity index (χ1v) is 10.9. The van der Waals surface area contributed by atoms with Crippen LogP contribution in [0.2, 0.25) is 0 Å². The Morgan fingerprint density at radius 3 is 2.94 bits per heavy atom. The van der Waals surface area contributed by atoms with Crippen LogP contribution in [0, 0.1) is 0 Å². The molecule has 0 fully saturated rings. The number of aromatic amines is 1. The minimum atomic E-state index is 0.0283. The molecular formula is C24H29N5O3. The standard InChI is InChI=1S/C24H29N5O3/c1-17-15-29(16-19-8-9-20(31-2)14-21(19)32-17)13-11-23(30)25-12-10-22-26-24(28-27-22)18-6-4-3-5-7-18/h3-9,14,17H,10-13,15-16H2,1-2H3,(H,25,30)(H,26,27,28)/t17-/m0/s1. The third kappa shape index (κ3) is 5.64. The van der Waals surface area contributed by atoms with E-state index in [1.807, 2.05) is 55.5 Å². The van der Waals surface area contributed by atoms with Crippen molar-refractivity contribution in [2.45, 2.75) is 32.4 Å². The van der Waals surface area contributed by atoms with Crippen LogP contribution in [-0.2, 0) is 17.8 Å². The molecule has 8 heteroatoms. The minimum absolute atomic E-state index is 0.0283. The first-order chi connectivity index (χ1) is 15.6. The van der Waals surface area contributed by atoms with Gasteiger partial charge in [-0.1, -0.05) is 36.4 Å². The van der Waals surface area contributed by atoms with E-state index in [4.69, 9.17) is 9.47 Å². The molecule has 2 heterocycles. The zero-order chi connectivity index (χ0) is 22.3. The van der Waals surface area contributed by atoms with Crippen LogP contribution in [0.3, 0.4) is 0 Å². The van der Waals surface area contributed by atoms with Gasteiger partial charge in [-0.3, -0.25) is 14.8 Å². The minimum Gasteiger partial charge on any atom is -0.497 e. The molecule has 2 N–H and O–H groups in total. The molecule has 1 aromatic heterocycles. The van der Waals surface area contributed by atoms with E-state index in [0.29, 0.717) is 31.8 Å². The predicted octanol–water partition coefficient (Wildman–Crippen LogP) is 2.81. The molecule has 1 atom stereocenters. The van der Waals surface area contributed by atoms with E-state index in [1.54, 1.807) is 7.11 Å². The fraction of sp³-hybridized carbons (Fsp3) is 0.375. The number of benzene rings is 2. The van der Waals surface area contributed by atoms with Crippen LogP contribution in [-0.4, -0.2) is 58.8 Å². The number of carbonyl (C=O) groups is 1. The van der Waals surface area contributed by atoms with Gasteiger partial charge in [-0.25, -0.2) is 4.98 Å². The zero-order valence-electron chi connectivity index (χ0n) is 18.5. The van der Waals surface area contributed by atoms with Crippen molar-refractivity contribution in [1.82, 2.24) is 25.4 Å². The van der Waals surface area contributed by atoms with Gasteiger partial charge in [0.15, 0.2) is 5.82 Å². The maximum atomic E-state index is 12.4. The molecule has 1 amide bonds. The van der Waals surface area contributed by atoms with Gasteiger partial charge in [0.05, 0.1) is 7.11 Å². The van der Waals surface area contributed by atoms with Crippen LogP contribution in [0.15, 0.2) is 48.5 Å². The van der Waals surface area contributed by atoms with E-state index in [1.165, 1.54) is 0 Å². The molecule has 0 unspecified atom stereocenters. The average molecular weight is 436 g/mol. The van der Waals surface area contributed by atoms with Crippen LogP contribution in [0.4, 0.5) is 0 Å². The lowest BCUT2D eigenvalue weighted by Gasteiger charge is -2.21. The predicted molar refractivity (Wildman–Crippen MR) is 122 cm³/mol. The Morgan fingerprint density at radius 2 is 2.12 bits per heavy atom. The molecule has 1 aliphatic rings. The highest BCUT2D eigenvalue weighted by atomic mass is 16.5. The van der Waals surface area contributed by atoms with E-state index in [9.17, 15) is 4.79 Å². The maximum absolute atomic E-state index is 12.4. The SMILES string of the molecule is COc1ccc2c(c1)O[C@@H](C)CN(CCC(=O)NCCc1nc(-c3ccccc3)n[nH]1)C2. The van der Waals surface area contributed by atoms with Crippen molar-refractivity contribution in [3.05, 3.63) is 59.9 Å². The second kappa shape index (κ2) is 10.3. The van der Waals surface area contributed by atoms with Crippen molar-refractivity contribution in [1.29, 1.82) is 0 Å². The Bertz CT molecular complexity index is 1040. The smallest absolute Gasteiger partial charge is 0.221 e. The Labute approximate surface area is 188 Å². The second-order valence-corrected chi connectivity index (χ2v) is 7.96. The Hall–Kier alpha value is -3.39. The van der Waals surface area contributed by atoms with Gasteiger partial charge in [0, 0.05) is 56.2 Å². The van der Waals surface area contributed by atoms with Crippen molar-refractivity contribution in [3.8, 4) is 22.9 Å². The summed E-state index contributed by atoms with van der Waals surface area (Å²) in [6.07, 6.45) is 1.08. The molecule has 0 saturated carbocycles. The van der Waals surface area contributed by atoms with Crippen LogP contribution in [0.1, 0.15) is 24.7 Å². The van der Waals surface area contributed by atoms with E-state index in [0.717, 1.165) is 41.5 Å². The van der Waals surface area contributed by atoms with Crippen molar-refractivity contribution in [3.63, 3.8) is 0 Å². The number of amides is 1. The van der Waals surface area contributed by atoms with Gasteiger partial charge in [-0.05, 0) is 13.0 Å². The fourth-order valence-corrected chi connectivity index (χ4v) is 3.79. The number of nitrogens with one attached hydrogen (secondary N) is 2. The first-order valence-electron chi connectivity index (χ1n) is 10.9. The van der Waals surface area contributed by atoms with Crippen molar-refractivity contribution >= 4 is 5.91 Å². The summed E-state index contributed by atoms with van der Waals surface area (Å²) in [6, 6.07) is 15.7. The Balaban J connectivity index is 1.23. The fourth-order valence-electron chi connectivity index (χ4n) is 3.79. The van der Waals surface area contributed by atoms with Gasteiger partial charge in [-0.2, -0.15) is 5.10 Å². The van der Waals surface area contributed by atoms with Crippen molar-refractivity contribution < 1.29 is 14.3 Å². The topological polar surface area (TPSA) is 92.4 Å². The summed E-state index contributed by atoms with van der Waals surface area (Å²) in [6.45, 7) is 4.75. The summed E-state index contributed by atoms with van der Waals surface area (Å²) in [5, 5.41) is 10.2. The summed E-state index contributed by atoms with van der Waals surface area (Å²) < 4.78 is 11.3. The van der Waals surface area contributed by atoms with Crippen molar-refractivity contribution in [2.24, 2.45) is 0 Å². The number of carbonyl (C=O) groups excluding carboxylic acids is 1. The number of hydrogen-bond donors (Lipinski definition) is 2. The van der Waals surface area contributed by atoms with Gasteiger partial charge in [-0.15, -0.1) is 0 Å². The van der Waals surface area contributed by atoms with Crippen LogP contribution in [0.25, 0.3) is 11.4 Å². The summed E-state index contributed by atoms with van der Waals surface area (Å²) in [7, 11) is 1.65. The van der Waals surface area contributed by atoms with Gasteiger partial charge in [0.1, 0.15) is 23.4 Å². The van der Waals surface area contributed by atoms with Gasteiger partial charge in [0.2, 0.25) is 5.91 Å². The summed E-state index contributed by atoms with van der Waals surface area (Å²) in [5.41, 5.74) is 2.07. The normalized spacial score (nSPS) is 16.0. The van der Waals surface area contributed by atoms with Gasteiger partial charge < -0.3 is 14.8 Å². The number of rotatable bonds is 8. The second-order valence-electron chi connectivity index (χ2n) is 7.96. The number of hydrogen-bond acceptors (Lipinski definition) is 6. The number of nitrogens with zero attached hydrogens (tertiary/aromatic N) is 3. The van der Waals surface area contributed by atoms with Crippen molar-refractivity contribution in [2.75, 3.05) is 26.7 Å². The molecule has 168 valence electrons. The highest BCUT2D eigenvalue weighted by Gasteiger charge is 2.21. The number of ether oxygens (including phenoxy) is 2. The molecule has 0 bridgehead atoms. The van der Waals surface area contributed by atoms with E-state index in [2.05, 4.69) is 25.4 Å². The van der Waals surface area contributed by atoms with Gasteiger partial charge >= 0.3 is 0 Å².